The van der Waals surface area contributed by atoms with Crippen molar-refractivity contribution in [2.24, 2.45) is 0 Å². The summed E-state index contributed by atoms with van der Waals surface area (Å²) in [6.45, 7) is 7.43. The summed E-state index contributed by atoms with van der Waals surface area (Å²) in [6, 6.07) is 15.7. The third-order valence-corrected chi connectivity index (χ3v) is 4.05. The van der Waals surface area contributed by atoms with E-state index in [4.69, 9.17) is 4.18 Å². The average Bonchev–Trinajstić information content (AvgIpc) is 3.02. The second-order valence-electron chi connectivity index (χ2n) is 4.81. The van der Waals surface area contributed by atoms with Crippen molar-refractivity contribution < 1.29 is 8.98 Å². The predicted molar refractivity (Wildman–Crippen MR) is 96.2 cm³/mol. The number of rotatable bonds is 4. The Labute approximate surface area is 142 Å². The fourth-order valence-corrected chi connectivity index (χ4v) is 2.76. The van der Waals surface area contributed by atoms with Gasteiger partial charge in [0.1, 0.15) is 5.75 Å². The van der Waals surface area contributed by atoms with Crippen LogP contribution in [0, 0.1) is 6.92 Å². The van der Waals surface area contributed by atoms with Crippen molar-refractivity contribution >= 4 is 23.8 Å². The first-order valence-electron chi connectivity index (χ1n) is 7.79. The lowest BCUT2D eigenvalue weighted by Gasteiger charge is -2.14. The highest BCUT2D eigenvalue weighted by atomic mass is 32.2. The van der Waals surface area contributed by atoms with E-state index in [2.05, 4.69) is 5.32 Å². The van der Waals surface area contributed by atoms with Crippen LogP contribution in [0.5, 0.6) is 5.75 Å². The van der Waals surface area contributed by atoms with Crippen LogP contribution in [-0.2, 0) is 0 Å². The van der Waals surface area contributed by atoms with Crippen LogP contribution in [0.15, 0.2) is 53.4 Å². The molecule has 122 valence electrons. The van der Waals surface area contributed by atoms with Crippen LogP contribution in [0.3, 0.4) is 0 Å². The molecule has 0 aromatic heterocycles. The van der Waals surface area contributed by atoms with E-state index in [9.17, 15) is 4.79 Å². The molecule has 1 aliphatic rings. The van der Waals surface area contributed by atoms with Gasteiger partial charge in [0.25, 0.3) is 0 Å². The Kier molecular flexibility index (Phi) is 6.35. The van der Waals surface area contributed by atoms with Gasteiger partial charge >= 0.3 is 6.03 Å². The van der Waals surface area contributed by atoms with E-state index in [0.29, 0.717) is 13.1 Å². The number of nitrogens with one attached hydrogen (secondary N) is 1. The summed E-state index contributed by atoms with van der Waals surface area (Å²) in [4.78, 5) is 14.3. The van der Waals surface area contributed by atoms with Gasteiger partial charge in [0.15, 0.2) is 0 Å². The van der Waals surface area contributed by atoms with Crippen molar-refractivity contribution in [1.82, 2.24) is 5.32 Å². The van der Waals surface area contributed by atoms with E-state index in [1.807, 2.05) is 69.3 Å². The van der Waals surface area contributed by atoms with Gasteiger partial charge in [0.2, 0.25) is 0 Å². The number of benzene rings is 2. The Morgan fingerprint density at radius 3 is 2.39 bits per heavy atom. The van der Waals surface area contributed by atoms with Crippen LogP contribution in [0.25, 0.3) is 0 Å². The molecule has 2 amide bonds. The van der Waals surface area contributed by atoms with Crippen LogP contribution >= 0.6 is 12.0 Å². The van der Waals surface area contributed by atoms with Gasteiger partial charge in [-0.2, -0.15) is 0 Å². The molecule has 0 radical (unpaired) electrons. The molecule has 4 nitrogen and oxygen atoms in total. The number of hydrogen-bond donors (Lipinski definition) is 1. The summed E-state index contributed by atoms with van der Waals surface area (Å²) >= 11 is 1.32. The molecule has 1 heterocycles. The Morgan fingerprint density at radius 2 is 1.78 bits per heavy atom. The lowest BCUT2D eigenvalue weighted by molar-refractivity contribution is 0.252. The quantitative estimate of drug-likeness (QED) is 0.831. The van der Waals surface area contributed by atoms with E-state index in [-0.39, 0.29) is 6.03 Å². The molecule has 2 aromatic rings. The second-order valence-corrected chi connectivity index (χ2v) is 5.61. The van der Waals surface area contributed by atoms with E-state index >= 15 is 0 Å². The van der Waals surface area contributed by atoms with Gasteiger partial charge in [-0.3, -0.25) is 4.90 Å². The van der Waals surface area contributed by atoms with Gasteiger partial charge < -0.3 is 9.50 Å². The van der Waals surface area contributed by atoms with Crippen molar-refractivity contribution in [3.05, 3.63) is 54.1 Å². The molecule has 0 unspecified atom stereocenters. The smallest absolute Gasteiger partial charge is 0.321 e. The third-order valence-electron chi connectivity index (χ3n) is 3.33. The summed E-state index contributed by atoms with van der Waals surface area (Å²) in [5.41, 5.74) is 2.01. The SMILES string of the molecule is CC.Cc1ccccc1OSc1ccc(N2CCNC2=O)cc1. The fraction of sp³-hybridized carbons (Fsp3) is 0.278. The molecule has 0 saturated carbocycles. The van der Waals surface area contributed by atoms with Gasteiger partial charge in [-0.1, -0.05) is 32.0 Å². The van der Waals surface area contributed by atoms with Crippen molar-refractivity contribution in [2.75, 3.05) is 18.0 Å². The van der Waals surface area contributed by atoms with E-state index in [1.54, 1.807) is 4.90 Å². The van der Waals surface area contributed by atoms with Crippen LogP contribution < -0.4 is 14.4 Å². The summed E-state index contributed by atoms with van der Waals surface area (Å²) < 4.78 is 5.73. The highest BCUT2D eigenvalue weighted by molar-refractivity contribution is 7.95. The average molecular weight is 330 g/mol. The summed E-state index contributed by atoms with van der Waals surface area (Å²) in [7, 11) is 0. The van der Waals surface area contributed by atoms with Crippen LogP contribution in [0.4, 0.5) is 10.5 Å². The molecule has 1 saturated heterocycles. The summed E-state index contributed by atoms with van der Waals surface area (Å²) in [5, 5.41) is 2.79. The number of hydrogen-bond acceptors (Lipinski definition) is 3. The van der Waals surface area contributed by atoms with E-state index in [1.165, 1.54) is 12.0 Å². The number of carbonyl (C=O) groups excluding carboxylic acids is 1. The van der Waals surface area contributed by atoms with Crippen LogP contribution in [0.1, 0.15) is 19.4 Å². The maximum atomic E-state index is 11.6. The topological polar surface area (TPSA) is 41.6 Å². The lowest BCUT2D eigenvalue weighted by atomic mass is 10.2. The molecule has 0 spiro atoms. The first-order valence-corrected chi connectivity index (χ1v) is 8.54. The van der Waals surface area contributed by atoms with Crippen LogP contribution in [0.2, 0.25) is 0 Å². The molecule has 0 bridgehead atoms. The number of carbonyl (C=O) groups is 1. The molecule has 1 N–H and O–H groups in total. The van der Waals surface area contributed by atoms with Crippen LogP contribution in [-0.4, -0.2) is 19.1 Å². The Balaban J connectivity index is 0.000000924. The molecule has 23 heavy (non-hydrogen) atoms. The van der Waals surface area contributed by atoms with Gasteiger partial charge in [0.05, 0.1) is 12.0 Å². The van der Waals surface area contributed by atoms with E-state index in [0.717, 1.165) is 21.9 Å². The second kappa shape index (κ2) is 8.48. The van der Waals surface area contributed by atoms with Crippen molar-refractivity contribution in [2.45, 2.75) is 25.7 Å². The zero-order chi connectivity index (χ0) is 16.7. The lowest BCUT2D eigenvalue weighted by Crippen LogP contribution is -2.27. The zero-order valence-electron chi connectivity index (χ0n) is 13.7. The Bertz CT molecular complexity index is 644. The molecule has 5 heteroatoms. The van der Waals surface area contributed by atoms with Gasteiger partial charge in [-0.15, -0.1) is 0 Å². The van der Waals surface area contributed by atoms with Gasteiger partial charge in [0, 0.05) is 23.7 Å². The third kappa shape index (κ3) is 4.42. The molecular formula is C18H22N2O2S. The minimum Gasteiger partial charge on any atom is -0.420 e. The molecule has 3 rings (SSSR count). The van der Waals surface area contributed by atoms with Crippen molar-refractivity contribution in [3.63, 3.8) is 0 Å². The first kappa shape index (κ1) is 17.2. The molecule has 1 aliphatic heterocycles. The number of amides is 2. The molecule has 1 fully saturated rings. The fourth-order valence-electron chi connectivity index (χ4n) is 2.14. The molecule has 2 aromatic carbocycles. The summed E-state index contributed by atoms with van der Waals surface area (Å²) in [5.74, 6) is 0.866. The highest BCUT2D eigenvalue weighted by Crippen LogP contribution is 2.27. The van der Waals surface area contributed by atoms with E-state index < -0.39 is 0 Å². The van der Waals surface area contributed by atoms with Gasteiger partial charge in [-0.25, -0.2) is 4.79 Å². The Morgan fingerprint density at radius 1 is 1.09 bits per heavy atom. The standard InChI is InChI=1S/C16H16N2O2S.C2H6/c1-12-4-2-3-5-15(12)20-21-14-8-6-13(7-9-14)18-11-10-17-16(18)19;1-2/h2-9H,10-11H2,1H3,(H,17,19);1-2H3. The number of aryl methyl sites for hydroxylation is 1. The molecule has 0 atom stereocenters. The predicted octanol–water partition coefficient (Wildman–Crippen LogP) is 4.64. The maximum Gasteiger partial charge on any atom is 0.321 e. The minimum absolute atomic E-state index is 0.0356. The Hall–Kier alpha value is -2.14. The number of urea groups is 1. The number of nitrogens with zero attached hydrogens (tertiary/aromatic N) is 1. The summed E-state index contributed by atoms with van der Waals surface area (Å²) in [6.07, 6.45) is 0. The highest BCUT2D eigenvalue weighted by Gasteiger charge is 2.20. The largest absolute Gasteiger partial charge is 0.420 e. The number of para-hydroxylation sites is 1. The molecular weight excluding hydrogens is 308 g/mol. The maximum absolute atomic E-state index is 11.6. The molecule has 0 aliphatic carbocycles. The van der Waals surface area contributed by atoms with Crippen molar-refractivity contribution in [3.8, 4) is 5.75 Å². The minimum atomic E-state index is -0.0356. The van der Waals surface area contributed by atoms with Crippen molar-refractivity contribution in [1.29, 1.82) is 0 Å². The normalized spacial score (nSPS) is 13.2. The first-order chi connectivity index (χ1) is 11.2. The zero-order valence-corrected chi connectivity index (χ0v) is 14.5. The monoisotopic (exact) mass is 330 g/mol. The number of anilines is 1. The van der Waals surface area contributed by atoms with Gasteiger partial charge in [-0.05, 0) is 42.8 Å².